The maximum absolute atomic E-state index is 12.5. The number of rotatable bonds is 3. The Bertz CT molecular complexity index is 517. The van der Waals surface area contributed by atoms with Crippen LogP contribution in [0.15, 0.2) is 54.6 Å². The topological polar surface area (TPSA) is 0 Å². The first kappa shape index (κ1) is 14.1. The Labute approximate surface area is 118 Å². The van der Waals surface area contributed by atoms with Crippen molar-refractivity contribution in [1.29, 1.82) is 0 Å². The first-order valence-corrected chi connectivity index (χ1v) is 6.73. The molecule has 0 spiro atoms. The van der Waals surface area contributed by atoms with Crippen LogP contribution < -0.4 is 0 Å². The van der Waals surface area contributed by atoms with Crippen LogP contribution in [-0.2, 0) is 12.6 Å². The van der Waals surface area contributed by atoms with E-state index < -0.39 is 11.7 Å². The molecule has 0 amide bonds. The fourth-order valence-electron chi connectivity index (χ4n) is 1.82. The van der Waals surface area contributed by atoms with Crippen molar-refractivity contribution in [3.05, 3.63) is 71.3 Å². The predicted molar refractivity (Wildman–Crippen MR) is 73.3 cm³/mol. The molecule has 0 heterocycles. The van der Waals surface area contributed by atoms with Gasteiger partial charge in [0.1, 0.15) is 0 Å². The standard InChI is InChI=1S/C15H12BrF3/c16-14(10-11-4-2-1-3-5-11)12-6-8-13(9-7-12)15(17,18)19/h1-9,14H,10H2. The zero-order valence-electron chi connectivity index (χ0n) is 9.99. The van der Waals surface area contributed by atoms with E-state index in [2.05, 4.69) is 15.9 Å². The molecule has 0 bridgehead atoms. The molecule has 0 aliphatic heterocycles. The molecule has 2 rings (SSSR count). The molecule has 100 valence electrons. The van der Waals surface area contributed by atoms with Crippen molar-refractivity contribution in [2.75, 3.05) is 0 Å². The minimum absolute atomic E-state index is 0.0113. The van der Waals surface area contributed by atoms with Gasteiger partial charge in [0, 0.05) is 4.83 Å². The molecule has 0 aromatic heterocycles. The summed E-state index contributed by atoms with van der Waals surface area (Å²) >= 11 is 3.52. The van der Waals surface area contributed by atoms with Gasteiger partial charge in [-0.1, -0.05) is 58.4 Å². The molecule has 1 unspecified atom stereocenters. The van der Waals surface area contributed by atoms with Crippen LogP contribution in [0.2, 0.25) is 0 Å². The second-order valence-electron chi connectivity index (χ2n) is 4.28. The predicted octanol–water partition coefficient (Wildman–Crippen LogP) is 5.38. The van der Waals surface area contributed by atoms with E-state index >= 15 is 0 Å². The van der Waals surface area contributed by atoms with Crippen LogP contribution in [-0.4, -0.2) is 0 Å². The Morgan fingerprint density at radius 2 is 1.47 bits per heavy atom. The molecule has 0 saturated carbocycles. The lowest BCUT2D eigenvalue weighted by molar-refractivity contribution is -0.137. The molecule has 19 heavy (non-hydrogen) atoms. The van der Waals surface area contributed by atoms with Gasteiger partial charge >= 0.3 is 6.18 Å². The van der Waals surface area contributed by atoms with Gasteiger partial charge in [-0.2, -0.15) is 13.2 Å². The van der Waals surface area contributed by atoms with Crippen LogP contribution in [0.1, 0.15) is 21.5 Å². The molecule has 2 aromatic carbocycles. The van der Waals surface area contributed by atoms with Crippen molar-refractivity contribution in [2.24, 2.45) is 0 Å². The Morgan fingerprint density at radius 1 is 0.895 bits per heavy atom. The smallest absolute Gasteiger partial charge is 0.166 e. The second kappa shape index (κ2) is 5.78. The van der Waals surface area contributed by atoms with Gasteiger partial charge < -0.3 is 0 Å². The van der Waals surface area contributed by atoms with Crippen LogP contribution in [0.25, 0.3) is 0 Å². The van der Waals surface area contributed by atoms with Crippen LogP contribution >= 0.6 is 15.9 Å². The zero-order chi connectivity index (χ0) is 13.9. The lowest BCUT2D eigenvalue weighted by atomic mass is 10.0. The van der Waals surface area contributed by atoms with E-state index in [0.29, 0.717) is 0 Å². The highest BCUT2D eigenvalue weighted by Gasteiger charge is 2.30. The van der Waals surface area contributed by atoms with E-state index in [1.807, 2.05) is 30.3 Å². The number of halogens is 4. The molecule has 0 N–H and O–H groups in total. The van der Waals surface area contributed by atoms with Crippen molar-refractivity contribution in [3.63, 3.8) is 0 Å². The van der Waals surface area contributed by atoms with E-state index in [4.69, 9.17) is 0 Å². The summed E-state index contributed by atoms with van der Waals surface area (Å²) in [6.45, 7) is 0. The first-order chi connectivity index (χ1) is 8.97. The average molecular weight is 329 g/mol. The van der Waals surface area contributed by atoms with Gasteiger partial charge in [-0.3, -0.25) is 0 Å². The minimum Gasteiger partial charge on any atom is -0.166 e. The molecule has 0 radical (unpaired) electrons. The molecule has 1 atom stereocenters. The molecule has 0 aliphatic rings. The highest BCUT2D eigenvalue weighted by Crippen LogP contribution is 2.32. The summed E-state index contributed by atoms with van der Waals surface area (Å²) in [6.07, 6.45) is -3.54. The molecular formula is C15H12BrF3. The Kier molecular flexibility index (Phi) is 4.30. The monoisotopic (exact) mass is 328 g/mol. The summed E-state index contributed by atoms with van der Waals surface area (Å²) in [5.74, 6) is 0. The highest BCUT2D eigenvalue weighted by atomic mass is 79.9. The van der Waals surface area contributed by atoms with Crippen LogP contribution in [0.3, 0.4) is 0 Å². The number of hydrogen-bond donors (Lipinski definition) is 0. The number of benzene rings is 2. The average Bonchev–Trinajstić information content (AvgIpc) is 2.39. The summed E-state index contributed by atoms with van der Waals surface area (Å²) in [5.41, 5.74) is 1.37. The molecule has 0 nitrogen and oxygen atoms in total. The summed E-state index contributed by atoms with van der Waals surface area (Å²) in [6, 6.07) is 15.1. The molecule has 2 aromatic rings. The lowest BCUT2D eigenvalue weighted by Gasteiger charge is -2.12. The summed E-state index contributed by atoms with van der Waals surface area (Å²) in [4.78, 5) is 0.0113. The Morgan fingerprint density at radius 3 is 2.00 bits per heavy atom. The zero-order valence-corrected chi connectivity index (χ0v) is 11.6. The van der Waals surface area contributed by atoms with Gasteiger partial charge in [0.05, 0.1) is 5.56 Å². The van der Waals surface area contributed by atoms with Crippen LogP contribution in [0.5, 0.6) is 0 Å². The van der Waals surface area contributed by atoms with Gasteiger partial charge in [0.25, 0.3) is 0 Å². The van der Waals surface area contributed by atoms with Gasteiger partial charge in [-0.15, -0.1) is 0 Å². The van der Waals surface area contributed by atoms with Gasteiger partial charge in [0.15, 0.2) is 0 Å². The first-order valence-electron chi connectivity index (χ1n) is 5.82. The van der Waals surface area contributed by atoms with Crippen molar-refractivity contribution < 1.29 is 13.2 Å². The van der Waals surface area contributed by atoms with Gasteiger partial charge in [-0.05, 0) is 29.7 Å². The largest absolute Gasteiger partial charge is 0.416 e. The molecular weight excluding hydrogens is 317 g/mol. The summed E-state index contributed by atoms with van der Waals surface area (Å²) in [5, 5.41) is 0. The Balaban J connectivity index is 2.10. The van der Waals surface area contributed by atoms with Crippen LogP contribution in [0, 0.1) is 0 Å². The third kappa shape index (κ3) is 3.83. The summed E-state index contributed by atoms with van der Waals surface area (Å²) in [7, 11) is 0. The third-order valence-electron chi connectivity index (χ3n) is 2.86. The van der Waals surface area contributed by atoms with Crippen molar-refractivity contribution in [1.82, 2.24) is 0 Å². The van der Waals surface area contributed by atoms with Gasteiger partial charge in [-0.25, -0.2) is 0 Å². The SMILES string of the molecule is FC(F)(F)c1ccc(C(Br)Cc2ccccc2)cc1. The second-order valence-corrected chi connectivity index (χ2v) is 5.38. The minimum atomic E-state index is -4.28. The fourth-order valence-corrected chi connectivity index (χ4v) is 2.50. The van der Waals surface area contributed by atoms with E-state index in [9.17, 15) is 13.2 Å². The maximum atomic E-state index is 12.5. The highest BCUT2D eigenvalue weighted by molar-refractivity contribution is 9.09. The van der Waals surface area contributed by atoms with Crippen LogP contribution in [0.4, 0.5) is 13.2 Å². The Hall–Kier alpha value is -1.29. The van der Waals surface area contributed by atoms with Gasteiger partial charge in [0.2, 0.25) is 0 Å². The van der Waals surface area contributed by atoms with E-state index in [1.165, 1.54) is 12.1 Å². The maximum Gasteiger partial charge on any atom is 0.416 e. The summed E-state index contributed by atoms with van der Waals surface area (Å²) < 4.78 is 37.4. The van der Waals surface area contributed by atoms with E-state index in [-0.39, 0.29) is 4.83 Å². The lowest BCUT2D eigenvalue weighted by Crippen LogP contribution is -2.05. The van der Waals surface area contributed by atoms with Crippen molar-refractivity contribution >= 4 is 15.9 Å². The fraction of sp³-hybridized carbons (Fsp3) is 0.200. The van der Waals surface area contributed by atoms with Crippen molar-refractivity contribution in [2.45, 2.75) is 17.4 Å². The normalized spacial score (nSPS) is 13.3. The van der Waals surface area contributed by atoms with E-state index in [0.717, 1.165) is 29.7 Å². The van der Waals surface area contributed by atoms with Crippen molar-refractivity contribution in [3.8, 4) is 0 Å². The molecule has 0 aliphatic carbocycles. The molecule has 0 fully saturated rings. The molecule has 4 heteroatoms. The quantitative estimate of drug-likeness (QED) is 0.663. The third-order valence-corrected chi connectivity index (χ3v) is 3.71. The number of hydrogen-bond acceptors (Lipinski definition) is 0. The number of alkyl halides is 4. The molecule has 0 saturated heterocycles. The van der Waals surface area contributed by atoms with E-state index in [1.54, 1.807) is 0 Å².